The quantitative estimate of drug-likeness (QED) is 0.549. The molecule has 0 aliphatic carbocycles. The fraction of sp³-hybridized carbons (Fsp3) is 0.750. The van der Waals surface area contributed by atoms with Gasteiger partial charge in [-0.05, 0) is 6.92 Å². The molecule has 1 N–H and O–H groups in total. The van der Waals surface area contributed by atoms with Crippen molar-refractivity contribution in [1.82, 2.24) is 5.32 Å². The minimum absolute atomic E-state index is 0.384. The zero-order valence-corrected chi connectivity index (χ0v) is 8.12. The third-order valence-electron chi connectivity index (χ3n) is 1.38. The zero-order chi connectivity index (χ0) is 10.3. The van der Waals surface area contributed by atoms with Crippen LogP contribution in [-0.2, 0) is 0 Å². The number of halogens is 4. The Morgan fingerprint density at radius 3 is 2.46 bits per heavy atom. The van der Waals surface area contributed by atoms with Crippen LogP contribution < -0.4 is 5.32 Å². The molecule has 0 saturated heterocycles. The molecule has 0 aromatic rings. The first-order valence-electron chi connectivity index (χ1n) is 3.97. The predicted molar refractivity (Wildman–Crippen MR) is 48.0 cm³/mol. The smallest absolute Gasteiger partial charge is 0.310 e. The molecule has 0 aliphatic rings. The van der Waals surface area contributed by atoms with E-state index in [1.54, 1.807) is 12.2 Å². The molecule has 13 heavy (non-hydrogen) atoms. The Balaban J connectivity index is 3.52. The van der Waals surface area contributed by atoms with Crippen LogP contribution in [0.3, 0.4) is 0 Å². The Morgan fingerprint density at radius 1 is 1.38 bits per heavy atom. The maximum atomic E-state index is 11.8. The minimum atomic E-state index is -4.09. The Labute approximate surface area is 81.0 Å². The molecular formula is C8H13ClF3N. The zero-order valence-electron chi connectivity index (χ0n) is 7.37. The van der Waals surface area contributed by atoms with Crippen LogP contribution in [0.1, 0.15) is 13.3 Å². The summed E-state index contributed by atoms with van der Waals surface area (Å²) in [5.41, 5.74) is 0. The van der Waals surface area contributed by atoms with E-state index in [9.17, 15) is 13.2 Å². The van der Waals surface area contributed by atoms with Crippen molar-refractivity contribution in [2.24, 2.45) is 0 Å². The van der Waals surface area contributed by atoms with Crippen LogP contribution in [0.25, 0.3) is 0 Å². The van der Waals surface area contributed by atoms with Crippen molar-refractivity contribution >= 4 is 11.6 Å². The first-order chi connectivity index (χ1) is 5.95. The van der Waals surface area contributed by atoms with Gasteiger partial charge in [-0.1, -0.05) is 12.2 Å². The third-order valence-corrected chi connectivity index (χ3v) is 1.56. The summed E-state index contributed by atoms with van der Waals surface area (Å²) >= 11 is 5.33. The molecule has 0 fully saturated rings. The molecule has 0 amide bonds. The van der Waals surface area contributed by atoms with Crippen LogP contribution >= 0.6 is 11.6 Å². The summed E-state index contributed by atoms with van der Waals surface area (Å²) < 4.78 is 35.4. The Bertz CT molecular complexity index is 156. The number of allylic oxidation sites excluding steroid dienone is 1. The monoisotopic (exact) mass is 215 g/mol. The van der Waals surface area contributed by atoms with Crippen molar-refractivity contribution in [2.45, 2.75) is 25.6 Å². The first kappa shape index (κ1) is 12.8. The van der Waals surface area contributed by atoms with Gasteiger partial charge in [0.1, 0.15) is 0 Å². The minimum Gasteiger partial charge on any atom is -0.310 e. The Morgan fingerprint density at radius 2 is 2.00 bits per heavy atom. The first-order valence-corrected chi connectivity index (χ1v) is 4.50. The Hall–Kier alpha value is -0.220. The van der Waals surface area contributed by atoms with E-state index in [2.05, 4.69) is 5.32 Å². The lowest BCUT2D eigenvalue weighted by Gasteiger charge is -2.14. The van der Waals surface area contributed by atoms with Crippen LogP contribution in [0, 0.1) is 0 Å². The number of nitrogens with one attached hydrogen (secondary N) is 1. The van der Waals surface area contributed by atoms with Gasteiger partial charge in [-0.2, -0.15) is 13.2 Å². The van der Waals surface area contributed by atoms with Crippen LogP contribution in [0.2, 0.25) is 0 Å². The molecule has 0 saturated carbocycles. The highest BCUT2D eigenvalue weighted by molar-refractivity contribution is 6.18. The predicted octanol–water partition coefficient (Wildman–Crippen LogP) is 2.71. The molecule has 1 nitrogen and oxygen atoms in total. The van der Waals surface area contributed by atoms with Crippen molar-refractivity contribution in [3.63, 3.8) is 0 Å². The van der Waals surface area contributed by atoms with E-state index in [-0.39, 0.29) is 0 Å². The van der Waals surface area contributed by atoms with Crippen molar-refractivity contribution < 1.29 is 13.2 Å². The van der Waals surface area contributed by atoms with E-state index >= 15 is 0 Å². The molecule has 78 valence electrons. The third kappa shape index (κ3) is 9.70. The van der Waals surface area contributed by atoms with Crippen LogP contribution in [-0.4, -0.2) is 24.6 Å². The lowest BCUT2D eigenvalue weighted by molar-refractivity contribution is -0.138. The van der Waals surface area contributed by atoms with E-state index in [1.165, 1.54) is 6.92 Å². The van der Waals surface area contributed by atoms with Gasteiger partial charge in [0.2, 0.25) is 0 Å². The van der Waals surface area contributed by atoms with E-state index in [4.69, 9.17) is 11.6 Å². The van der Waals surface area contributed by atoms with Gasteiger partial charge in [-0.15, -0.1) is 11.6 Å². The van der Waals surface area contributed by atoms with Gasteiger partial charge in [0.25, 0.3) is 0 Å². The SMILES string of the molecule is CC(CC(F)(F)F)NC/C=C/CCl. The van der Waals surface area contributed by atoms with E-state index in [0.29, 0.717) is 12.4 Å². The largest absolute Gasteiger partial charge is 0.390 e. The Kier molecular flexibility index (Phi) is 6.16. The van der Waals surface area contributed by atoms with Crippen molar-refractivity contribution in [3.05, 3.63) is 12.2 Å². The van der Waals surface area contributed by atoms with Gasteiger partial charge in [-0.3, -0.25) is 0 Å². The molecule has 0 aliphatic heterocycles. The van der Waals surface area contributed by atoms with Crippen molar-refractivity contribution in [1.29, 1.82) is 0 Å². The highest BCUT2D eigenvalue weighted by atomic mass is 35.5. The second-order valence-corrected chi connectivity index (χ2v) is 3.06. The summed E-state index contributed by atoms with van der Waals surface area (Å²) in [5, 5.41) is 2.71. The maximum absolute atomic E-state index is 11.8. The highest BCUT2D eigenvalue weighted by Gasteiger charge is 2.29. The van der Waals surface area contributed by atoms with Gasteiger partial charge < -0.3 is 5.32 Å². The molecule has 1 unspecified atom stereocenters. The normalized spacial score (nSPS) is 15.2. The molecule has 0 aromatic carbocycles. The van der Waals surface area contributed by atoms with Gasteiger partial charge in [0, 0.05) is 18.5 Å². The van der Waals surface area contributed by atoms with Crippen LogP contribution in [0.15, 0.2) is 12.2 Å². The summed E-state index contributed by atoms with van der Waals surface area (Å²) in [6.07, 6.45) is -1.50. The summed E-state index contributed by atoms with van der Waals surface area (Å²) in [6, 6.07) is -0.556. The molecule has 0 bridgehead atoms. The summed E-state index contributed by atoms with van der Waals surface area (Å²) in [5.74, 6) is 0.384. The lowest BCUT2D eigenvalue weighted by Crippen LogP contribution is -2.31. The summed E-state index contributed by atoms with van der Waals surface area (Å²) in [4.78, 5) is 0. The lowest BCUT2D eigenvalue weighted by atomic mass is 10.2. The van der Waals surface area contributed by atoms with Crippen molar-refractivity contribution in [3.8, 4) is 0 Å². The maximum Gasteiger partial charge on any atom is 0.390 e. The second-order valence-electron chi connectivity index (χ2n) is 2.75. The van der Waals surface area contributed by atoms with E-state index < -0.39 is 18.6 Å². The number of rotatable bonds is 5. The number of hydrogen-bond donors (Lipinski definition) is 1. The molecule has 1 atom stereocenters. The average molecular weight is 216 g/mol. The highest BCUT2D eigenvalue weighted by Crippen LogP contribution is 2.20. The van der Waals surface area contributed by atoms with Crippen LogP contribution in [0.4, 0.5) is 13.2 Å². The molecule has 0 aromatic heterocycles. The average Bonchev–Trinajstić information content (AvgIpc) is 1.94. The molecule has 5 heteroatoms. The van der Waals surface area contributed by atoms with Gasteiger partial charge in [0.15, 0.2) is 0 Å². The second kappa shape index (κ2) is 6.27. The molecule has 0 rings (SSSR count). The summed E-state index contributed by atoms with van der Waals surface area (Å²) in [6.45, 7) is 1.92. The molecular weight excluding hydrogens is 203 g/mol. The van der Waals surface area contributed by atoms with Crippen molar-refractivity contribution in [2.75, 3.05) is 12.4 Å². The van der Waals surface area contributed by atoms with Gasteiger partial charge >= 0.3 is 6.18 Å². The molecule has 0 radical (unpaired) electrons. The van der Waals surface area contributed by atoms with Crippen LogP contribution in [0.5, 0.6) is 0 Å². The van der Waals surface area contributed by atoms with E-state index in [0.717, 1.165) is 0 Å². The number of hydrogen-bond acceptors (Lipinski definition) is 1. The van der Waals surface area contributed by atoms with Gasteiger partial charge in [0.05, 0.1) is 6.42 Å². The fourth-order valence-electron chi connectivity index (χ4n) is 0.835. The van der Waals surface area contributed by atoms with Gasteiger partial charge in [-0.25, -0.2) is 0 Å². The van der Waals surface area contributed by atoms with E-state index in [1.807, 2.05) is 0 Å². The standard InChI is InChI=1S/C8H13ClF3N/c1-7(6-8(10,11)12)13-5-3-2-4-9/h2-3,7,13H,4-6H2,1H3/b3-2+. The molecule has 0 spiro atoms. The topological polar surface area (TPSA) is 12.0 Å². The summed E-state index contributed by atoms with van der Waals surface area (Å²) in [7, 11) is 0. The fourth-order valence-corrected chi connectivity index (χ4v) is 0.961. The number of alkyl halides is 4. The molecule has 0 heterocycles.